The van der Waals surface area contributed by atoms with Crippen LogP contribution < -0.4 is 10.5 Å². The Morgan fingerprint density at radius 3 is 2.72 bits per heavy atom. The van der Waals surface area contributed by atoms with Crippen LogP contribution in [0.3, 0.4) is 0 Å². The smallest absolute Gasteiger partial charge is 0.254 e. The molecule has 1 saturated carbocycles. The number of nitrogens with zero attached hydrogens (tertiary/aromatic N) is 3. The number of benzene rings is 1. The summed E-state index contributed by atoms with van der Waals surface area (Å²) in [7, 11) is 0. The van der Waals surface area contributed by atoms with E-state index < -0.39 is 0 Å². The van der Waals surface area contributed by atoms with Crippen molar-refractivity contribution in [2.24, 2.45) is 5.41 Å². The maximum absolute atomic E-state index is 13.7. The number of aryl methyl sites for hydroxylation is 2. The van der Waals surface area contributed by atoms with Crippen LogP contribution in [0.25, 0.3) is 5.57 Å². The van der Waals surface area contributed by atoms with Gasteiger partial charge in [-0.25, -0.2) is 9.37 Å². The Labute approximate surface area is 188 Å². The number of halogens is 1. The number of nitrogens with one attached hydrogen (secondary N) is 1. The summed E-state index contributed by atoms with van der Waals surface area (Å²) in [6.45, 7) is 5.77. The van der Waals surface area contributed by atoms with Crippen LogP contribution in [-0.4, -0.2) is 47.1 Å². The highest BCUT2D eigenvalue weighted by Crippen LogP contribution is 2.53. The standard InChI is InChI=1S/C26H31FN4O/c1-17-2-4-19(27)15-23(17)31-12-10-30(11-13-31)20-5-3-18(14-20)24-28-22-6-7-26(8-9-26)16-21(22)25(32)29-24/h2,4,14-15,20H,3,5-13,16H2,1H3,(H,28,29,32)/t20-/m1/s1. The van der Waals surface area contributed by atoms with Crippen LogP contribution in [0.2, 0.25) is 0 Å². The molecule has 2 fully saturated rings. The van der Waals surface area contributed by atoms with Crippen molar-refractivity contribution < 1.29 is 4.39 Å². The van der Waals surface area contributed by atoms with Gasteiger partial charge in [0, 0.05) is 43.5 Å². The minimum Gasteiger partial charge on any atom is -0.369 e. The van der Waals surface area contributed by atoms with Crippen molar-refractivity contribution >= 4 is 11.3 Å². The van der Waals surface area contributed by atoms with Crippen LogP contribution >= 0.6 is 0 Å². The number of H-pyrrole nitrogens is 1. The van der Waals surface area contributed by atoms with Gasteiger partial charge < -0.3 is 9.88 Å². The Morgan fingerprint density at radius 2 is 1.94 bits per heavy atom. The summed E-state index contributed by atoms with van der Waals surface area (Å²) in [5.74, 6) is 0.618. The number of hydrogen-bond donors (Lipinski definition) is 1. The van der Waals surface area contributed by atoms with Crippen LogP contribution in [0, 0.1) is 18.2 Å². The Bertz CT molecular complexity index is 1140. The number of piperazine rings is 1. The quantitative estimate of drug-likeness (QED) is 0.797. The lowest BCUT2D eigenvalue weighted by Crippen LogP contribution is -2.49. The number of aromatic nitrogens is 2. The molecule has 1 atom stereocenters. The maximum Gasteiger partial charge on any atom is 0.254 e. The minimum absolute atomic E-state index is 0.0828. The van der Waals surface area contributed by atoms with Crippen LogP contribution in [0.5, 0.6) is 0 Å². The molecule has 0 unspecified atom stereocenters. The van der Waals surface area contributed by atoms with Gasteiger partial charge in [-0.2, -0.15) is 0 Å². The highest BCUT2D eigenvalue weighted by Gasteiger charge is 2.45. The van der Waals surface area contributed by atoms with E-state index in [-0.39, 0.29) is 11.4 Å². The summed E-state index contributed by atoms with van der Waals surface area (Å²) >= 11 is 0. The van der Waals surface area contributed by atoms with Crippen LogP contribution in [0.15, 0.2) is 29.1 Å². The Morgan fingerprint density at radius 1 is 1.12 bits per heavy atom. The fraction of sp³-hybridized carbons (Fsp3) is 0.538. The van der Waals surface area contributed by atoms with Gasteiger partial charge in [0.15, 0.2) is 0 Å². The van der Waals surface area contributed by atoms with Gasteiger partial charge in [-0.3, -0.25) is 9.69 Å². The fourth-order valence-electron chi connectivity index (χ4n) is 5.94. The molecule has 0 amide bonds. The second kappa shape index (κ2) is 7.55. The zero-order valence-electron chi connectivity index (χ0n) is 18.8. The largest absolute Gasteiger partial charge is 0.369 e. The normalized spacial score (nSPS) is 24.5. The predicted molar refractivity (Wildman–Crippen MR) is 124 cm³/mol. The van der Waals surface area contributed by atoms with E-state index in [2.05, 4.69) is 20.9 Å². The lowest BCUT2D eigenvalue weighted by molar-refractivity contribution is 0.214. The average molecular weight is 435 g/mol. The first-order valence-corrected chi connectivity index (χ1v) is 12.1. The first kappa shape index (κ1) is 20.2. The van der Waals surface area contributed by atoms with Gasteiger partial charge in [-0.05, 0) is 80.6 Å². The third-order valence-corrected chi connectivity index (χ3v) is 8.20. The van der Waals surface area contributed by atoms with Gasteiger partial charge in [0.1, 0.15) is 11.6 Å². The van der Waals surface area contributed by atoms with Gasteiger partial charge >= 0.3 is 0 Å². The minimum atomic E-state index is -0.171. The van der Waals surface area contributed by atoms with Crippen molar-refractivity contribution in [1.82, 2.24) is 14.9 Å². The van der Waals surface area contributed by atoms with Crippen LogP contribution in [-0.2, 0) is 12.8 Å². The van der Waals surface area contributed by atoms with Crippen molar-refractivity contribution in [3.05, 3.63) is 63.1 Å². The number of fused-ring (bicyclic) bond motifs is 1. The second-order valence-electron chi connectivity index (χ2n) is 10.3. The molecule has 3 aliphatic carbocycles. The first-order chi connectivity index (χ1) is 15.5. The monoisotopic (exact) mass is 434 g/mol. The van der Waals surface area contributed by atoms with E-state index in [0.717, 1.165) is 80.2 Å². The molecular weight excluding hydrogens is 403 g/mol. The van der Waals surface area contributed by atoms with Crippen LogP contribution in [0.4, 0.5) is 10.1 Å². The van der Waals surface area contributed by atoms with Gasteiger partial charge in [-0.1, -0.05) is 12.1 Å². The molecule has 6 rings (SSSR count). The molecule has 32 heavy (non-hydrogen) atoms. The summed E-state index contributed by atoms with van der Waals surface area (Å²) in [4.78, 5) is 25.6. The van der Waals surface area contributed by atoms with Crippen molar-refractivity contribution in [2.75, 3.05) is 31.1 Å². The number of allylic oxidation sites excluding steroid dienone is 1. The molecule has 1 saturated heterocycles. The number of anilines is 1. The van der Waals surface area contributed by atoms with Gasteiger partial charge in [-0.15, -0.1) is 0 Å². The molecular formula is C26H31FN4O. The highest BCUT2D eigenvalue weighted by atomic mass is 19.1. The van der Waals surface area contributed by atoms with Gasteiger partial charge in [0.25, 0.3) is 5.56 Å². The maximum atomic E-state index is 13.7. The summed E-state index contributed by atoms with van der Waals surface area (Å²) in [6.07, 6.45) is 9.94. The Kier molecular flexibility index (Phi) is 4.75. The predicted octanol–water partition coefficient (Wildman–Crippen LogP) is 3.85. The first-order valence-electron chi connectivity index (χ1n) is 12.1. The van der Waals surface area contributed by atoms with E-state index in [1.165, 1.54) is 30.9 Å². The molecule has 6 heteroatoms. The summed E-state index contributed by atoms with van der Waals surface area (Å²) in [5.41, 5.74) is 5.80. The molecule has 0 radical (unpaired) electrons. The molecule has 1 aliphatic heterocycles. The molecule has 2 aromatic rings. The van der Waals surface area contributed by atoms with E-state index in [4.69, 9.17) is 4.98 Å². The molecule has 168 valence electrons. The molecule has 5 nitrogen and oxygen atoms in total. The zero-order valence-corrected chi connectivity index (χ0v) is 18.8. The zero-order chi connectivity index (χ0) is 21.9. The number of rotatable bonds is 3. The number of hydrogen-bond acceptors (Lipinski definition) is 4. The molecule has 0 bridgehead atoms. The van der Waals surface area contributed by atoms with Gasteiger partial charge in [0.2, 0.25) is 0 Å². The topological polar surface area (TPSA) is 52.2 Å². The third kappa shape index (κ3) is 3.58. The SMILES string of the molecule is Cc1ccc(F)cc1N1CCN([C@H]2C=C(c3nc4c(c(=O)[nH]3)CC3(CC4)CC3)CC2)CC1. The highest BCUT2D eigenvalue weighted by molar-refractivity contribution is 5.63. The molecule has 4 aliphatic rings. The third-order valence-electron chi connectivity index (χ3n) is 8.20. The Balaban J connectivity index is 1.15. The summed E-state index contributed by atoms with van der Waals surface area (Å²) in [6, 6.07) is 5.43. The molecule has 2 heterocycles. The van der Waals surface area contributed by atoms with Gasteiger partial charge in [0.05, 0.1) is 5.69 Å². The Hall–Kier alpha value is -2.47. The van der Waals surface area contributed by atoms with E-state index in [1.807, 2.05) is 13.0 Å². The molecule has 1 aromatic carbocycles. The molecule has 1 N–H and O–H groups in total. The molecule has 1 spiro atoms. The lowest BCUT2D eigenvalue weighted by Gasteiger charge is -2.39. The van der Waals surface area contributed by atoms with E-state index in [1.54, 1.807) is 6.07 Å². The van der Waals surface area contributed by atoms with Crippen molar-refractivity contribution in [1.29, 1.82) is 0 Å². The van der Waals surface area contributed by atoms with E-state index in [0.29, 0.717) is 11.5 Å². The van der Waals surface area contributed by atoms with E-state index >= 15 is 0 Å². The summed E-state index contributed by atoms with van der Waals surface area (Å²) < 4.78 is 13.7. The average Bonchev–Trinajstić information content (AvgIpc) is 3.36. The second-order valence-corrected chi connectivity index (χ2v) is 10.3. The molecule has 1 aromatic heterocycles. The number of aromatic amines is 1. The summed E-state index contributed by atoms with van der Waals surface area (Å²) in [5, 5.41) is 0. The fourth-order valence-corrected chi connectivity index (χ4v) is 5.94. The van der Waals surface area contributed by atoms with Crippen LogP contribution in [0.1, 0.15) is 54.7 Å². The van der Waals surface area contributed by atoms with E-state index in [9.17, 15) is 9.18 Å². The van der Waals surface area contributed by atoms with Crippen molar-refractivity contribution in [2.45, 2.75) is 57.9 Å². The van der Waals surface area contributed by atoms with Crippen molar-refractivity contribution in [3.8, 4) is 0 Å². The van der Waals surface area contributed by atoms with Crippen molar-refractivity contribution in [3.63, 3.8) is 0 Å². The lowest BCUT2D eigenvalue weighted by atomic mass is 9.84.